The zero-order valence-corrected chi connectivity index (χ0v) is 13.7. The molecule has 1 atom stereocenters. The van der Waals surface area contributed by atoms with Crippen LogP contribution in [0.1, 0.15) is 19.0 Å². The summed E-state index contributed by atoms with van der Waals surface area (Å²) in [6.07, 6.45) is 3.29. The number of hydrogen-bond donors (Lipinski definition) is 0. The van der Waals surface area contributed by atoms with Crippen LogP contribution >= 0.6 is 15.9 Å². The van der Waals surface area contributed by atoms with Gasteiger partial charge in [0.25, 0.3) is 0 Å². The molecule has 1 saturated heterocycles. The number of fused-ring (bicyclic) bond motifs is 1. The molecule has 4 nitrogen and oxygen atoms in total. The number of halogens is 1. The van der Waals surface area contributed by atoms with E-state index in [1.165, 1.54) is 12.1 Å². The van der Waals surface area contributed by atoms with Crippen molar-refractivity contribution < 1.29 is 0 Å². The van der Waals surface area contributed by atoms with Gasteiger partial charge in [-0.15, -0.1) is 0 Å². The molecule has 0 aliphatic carbocycles. The molecule has 0 aromatic carbocycles. The lowest BCUT2D eigenvalue weighted by Gasteiger charge is -2.28. The highest BCUT2D eigenvalue weighted by Crippen LogP contribution is 2.27. The third kappa shape index (κ3) is 2.44. The Bertz CT molecular complexity index is 595. The van der Waals surface area contributed by atoms with Crippen molar-refractivity contribution in [2.75, 3.05) is 31.6 Å². The zero-order valence-electron chi connectivity index (χ0n) is 12.1. The molecule has 0 spiro atoms. The van der Waals surface area contributed by atoms with Crippen LogP contribution in [0.2, 0.25) is 0 Å². The smallest absolute Gasteiger partial charge is 0.152 e. The molecule has 0 N–H and O–H groups in total. The summed E-state index contributed by atoms with van der Waals surface area (Å²) < 4.78 is 2.19. The monoisotopic (exact) mass is 336 g/mol. The van der Waals surface area contributed by atoms with Crippen molar-refractivity contribution in [2.24, 2.45) is 0 Å². The Kier molecular flexibility index (Phi) is 3.98. The first-order chi connectivity index (χ1) is 9.70. The molecule has 0 bridgehead atoms. The van der Waals surface area contributed by atoms with Gasteiger partial charge in [-0.05, 0) is 39.1 Å². The van der Waals surface area contributed by atoms with Crippen LogP contribution in [0.5, 0.6) is 0 Å². The summed E-state index contributed by atoms with van der Waals surface area (Å²) in [7, 11) is 2.20. The lowest BCUT2D eigenvalue weighted by molar-refractivity contribution is 0.337. The van der Waals surface area contributed by atoms with Gasteiger partial charge in [0, 0.05) is 30.7 Å². The van der Waals surface area contributed by atoms with E-state index in [1.54, 1.807) is 0 Å². The highest BCUT2D eigenvalue weighted by Gasteiger charge is 2.24. The standard InChI is InChI=1S/C15H21BrN4/c1-12-11-18(2)7-5-9-19(12)15-13(10-16)20-8-4-3-6-14(20)17-15/h3-4,6,8,12H,5,7,9-11H2,1-2H3. The van der Waals surface area contributed by atoms with E-state index in [1.807, 2.05) is 6.07 Å². The van der Waals surface area contributed by atoms with Gasteiger partial charge in [0.1, 0.15) is 5.65 Å². The fourth-order valence-corrected chi connectivity index (χ4v) is 3.60. The van der Waals surface area contributed by atoms with Gasteiger partial charge < -0.3 is 14.2 Å². The molecule has 1 fully saturated rings. The van der Waals surface area contributed by atoms with Crippen molar-refractivity contribution in [2.45, 2.75) is 24.7 Å². The van der Waals surface area contributed by atoms with Crippen molar-refractivity contribution in [3.05, 3.63) is 30.1 Å². The Balaban J connectivity index is 2.04. The van der Waals surface area contributed by atoms with E-state index in [9.17, 15) is 0 Å². The Labute approximate surface area is 128 Å². The van der Waals surface area contributed by atoms with Gasteiger partial charge in [0.2, 0.25) is 0 Å². The summed E-state index contributed by atoms with van der Waals surface area (Å²) in [6, 6.07) is 6.67. The van der Waals surface area contributed by atoms with Crippen LogP contribution in [-0.4, -0.2) is 47.0 Å². The Morgan fingerprint density at radius 3 is 3.00 bits per heavy atom. The second kappa shape index (κ2) is 5.74. The van der Waals surface area contributed by atoms with Gasteiger partial charge in [-0.1, -0.05) is 22.0 Å². The number of pyridine rings is 1. The van der Waals surface area contributed by atoms with E-state index in [4.69, 9.17) is 4.98 Å². The van der Waals surface area contributed by atoms with Crippen LogP contribution < -0.4 is 4.90 Å². The van der Waals surface area contributed by atoms with Crippen molar-refractivity contribution >= 4 is 27.4 Å². The number of hydrogen-bond acceptors (Lipinski definition) is 3. The third-order valence-corrected chi connectivity index (χ3v) is 4.58. The molecule has 1 unspecified atom stereocenters. The minimum atomic E-state index is 0.491. The Hall–Kier alpha value is -1.07. The van der Waals surface area contributed by atoms with Crippen molar-refractivity contribution in [1.82, 2.24) is 14.3 Å². The maximum absolute atomic E-state index is 4.86. The summed E-state index contributed by atoms with van der Waals surface area (Å²) in [5.41, 5.74) is 2.28. The molecule has 1 aliphatic rings. The lowest BCUT2D eigenvalue weighted by Crippen LogP contribution is -2.38. The molecule has 2 aromatic rings. The molecule has 0 radical (unpaired) electrons. The molecule has 0 amide bonds. The highest BCUT2D eigenvalue weighted by atomic mass is 79.9. The molecular weight excluding hydrogens is 316 g/mol. The fourth-order valence-electron chi connectivity index (χ4n) is 3.08. The van der Waals surface area contributed by atoms with Gasteiger partial charge in [-0.25, -0.2) is 4.98 Å². The minimum Gasteiger partial charge on any atom is -0.351 e. The predicted molar refractivity (Wildman–Crippen MR) is 86.7 cm³/mol. The lowest BCUT2D eigenvalue weighted by atomic mass is 10.2. The number of likely N-dealkylation sites (N-methyl/N-ethyl adjacent to an activating group) is 1. The van der Waals surface area contributed by atoms with E-state index < -0.39 is 0 Å². The fraction of sp³-hybridized carbons (Fsp3) is 0.533. The molecule has 0 saturated carbocycles. The molecule has 108 valence electrons. The average Bonchev–Trinajstić information content (AvgIpc) is 2.72. The average molecular weight is 337 g/mol. The zero-order chi connectivity index (χ0) is 14.1. The first-order valence-corrected chi connectivity index (χ1v) is 8.30. The van der Waals surface area contributed by atoms with Gasteiger partial charge >= 0.3 is 0 Å². The van der Waals surface area contributed by atoms with Gasteiger partial charge in [0.05, 0.1) is 5.69 Å². The maximum atomic E-state index is 4.86. The summed E-state index contributed by atoms with van der Waals surface area (Å²) in [6.45, 7) is 5.63. The second-order valence-corrected chi connectivity index (χ2v) is 6.16. The molecule has 3 rings (SSSR count). The molecule has 20 heavy (non-hydrogen) atoms. The van der Waals surface area contributed by atoms with E-state index in [-0.39, 0.29) is 0 Å². The number of nitrogens with zero attached hydrogens (tertiary/aromatic N) is 4. The van der Waals surface area contributed by atoms with Crippen LogP contribution in [0.3, 0.4) is 0 Å². The number of imidazole rings is 1. The molecule has 2 aromatic heterocycles. The highest BCUT2D eigenvalue weighted by molar-refractivity contribution is 9.08. The summed E-state index contributed by atoms with van der Waals surface area (Å²) in [4.78, 5) is 9.74. The normalized spacial score (nSPS) is 21.4. The number of anilines is 1. The van der Waals surface area contributed by atoms with Crippen molar-refractivity contribution in [3.8, 4) is 0 Å². The SMILES string of the molecule is CC1CN(C)CCCN1c1nc2ccccn2c1CBr. The van der Waals surface area contributed by atoms with Gasteiger partial charge in [0.15, 0.2) is 5.82 Å². The topological polar surface area (TPSA) is 23.8 Å². The van der Waals surface area contributed by atoms with Crippen molar-refractivity contribution in [3.63, 3.8) is 0 Å². The van der Waals surface area contributed by atoms with Crippen LogP contribution in [0.4, 0.5) is 5.82 Å². The number of aromatic nitrogens is 2. The largest absolute Gasteiger partial charge is 0.351 e. The molecule has 3 heterocycles. The van der Waals surface area contributed by atoms with Crippen LogP contribution in [-0.2, 0) is 5.33 Å². The predicted octanol–water partition coefficient (Wildman–Crippen LogP) is 2.76. The Morgan fingerprint density at radius 2 is 2.20 bits per heavy atom. The minimum absolute atomic E-state index is 0.491. The van der Waals surface area contributed by atoms with Crippen LogP contribution in [0, 0.1) is 0 Å². The summed E-state index contributed by atoms with van der Waals surface area (Å²) in [5, 5.41) is 0.826. The number of rotatable bonds is 2. The first-order valence-electron chi connectivity index (χ1n) is 7.18. The van der Waals surface area contributed by atoms with Crippen LogP contribution in [0.15, 0.2) is 24.4 Å². The molecule has 5 heteroatoms. The first kappa shape index (κ1) is 13.9. The van der Waals surface area contributed by atoms with E-state index >= 15 is 0 Å². The Morgan fingerprint density at radius 1 is 1.35 bits per heavy atom. The molecular formula is C15H21BrN4. The summed E-state index contributed by atoms with van der Waals surface area (Å²) in [5.74, 6) is 1.14. The third-order valence-electron chi connectivity index (χ3n) is 4.05. The summed E-state index contributed by atoms with van der Waals surface area (Å²) >= 11 is 3.63. The number of alkyl halides is 1. The van der Waals surface area contributed by atoms with Gasteiger partial charge in [-0.3, -0.25) is 0 Å². The van der Waals surface area contributed by atoms with E-state index in [0.717, 1.165) is 36.4 Å². The quantitative estimate of drug-likeness (QED) is 0.788. The second-order valence-electron chi connectivity index (χ2n) is 5.60. The maximum Gasteiger partial charge on any atom is 0.152 e. The van der Waals surface area contributed by atoms with E-state index in [0.29, 0.717) is 6.04 Å². The van der Waals surface area contributed by atoms with Crippen molar-refractivity contribution in [1.29, 1.82) is 0 Å². The van der Waals surface area contributed by atoms with E-state index in [2.05, 4.69) is 62.4 Å². The van der Waals surface area contributed by atoms with Crippen LogP contribution in [0.25, 0.3) is 5.65 Å². The van der Waals surface area contributed by atoms with Gasteiger partial charge in [-0.2, -0.15) is 0 Å². The molecule has 1 aliphatic heterocycles.